The van der Waals surface area contributed by atoms with E-state index in [9.17, 15) is 10.2 Å². The van der Waals surface area contributed by atoms with Crippen molar-refractivity contribution in [2.75, 3.05) is 0 Å². The van der Waals surface area contributed by atoms with Gasteiger partial charge in [0.25, 0.3) is 0 Å². The summed E-state index contributed by atoms with van der Waals surface area (Å²) in [6.07, 6.45) is 15.2. The lowest BCUT2D eigenvalue weighted by molar-refractivity contribution is -0.105. The summed E-state index contributed by atoms with van der Waals surface area (Å²) in [5.41, 5.74) is 1.68. The van der Waals surface area contributed by atoms with Gasteiger partial charge in [-0.1, -0.05) is 52.2 Å². The van der Waals surface area contributed by atoms with Crippen LogP contribution in [0, 0.1) is 40.4 Å². The zero-order valence-electron chi connectivity index (χ0n) is 19.7. The molecule has 0 aromatic carbocycles. The minimum atomic E-state index is -0.514. The largest absolute Gasteiger partial charge is 0.393 e. The van der Waals surface area contributed by atoms with Gasteiger partial charge in [-0.3, -0.25) is 0 Å². The van der Waals surface area contributed by atoms with Crippen molar-refractivity contribution in [3.8, 4) is 0 Å². The van der Waals surface area contributed by atoms with Crippen LogP contribution in [-0.4, -0.2) is 21.9 Å². The predicted molar refractivity (Wildman–Crippen MR) is 121 cm³/mol. The molecule has 2 nitrogen and oxygen atoms in total. The van der Waals surface area contributed by atoms with E-state index in [0.717, 1.165) is 49.4 Å². The molecular weight excluding hydrogens is 356 g/mol. The van der Waals surface area contributed by atoms with E-state index < -0.39 is 5.60 Å². The lowest BCUT2D eigenvalue weighted by Crippen LogP contribution is -2.53. The lowest BCUT2D eigenvalue weighted by Gasteiger charge is -2.59. The first kappa shape index (κ1) is 21.9. The molecule has 29 heavy (non-hydrogen) atoms. The van der Waals surface area contributed by atoms with Crippen LogP contribution in [0.5, 0.6) is 0 Å². The maximum absolute atomic E-state index is 11.6. The number of hydrogen-bond acceptors (Lipinski definition) is 2. The lowest BCUT2D eigenvalue weighted by atomic mass is 9.46. The molecule has 3 saturated carbocycles. The molecule has 4 aliphatic carbocycles. The van der Waals surface area contributed by atoms with E-state index in [-0.39, 0.29) is 6.10 Å². The highest BCUT2D eigenvalue weighted by atomic mass is 16.3. The minimum Gasteiger partial charge on any atom is -0.393 e. The fourth-order valence-electron chi connectivity index (χ4n) is 8.71. The van der Waals surface area contributed by atoms with Crippen molar-refractivity contribution >= 4 is 0 Å². The van der Waals surface area contributed by atoms with Crippen LogP contribution in [0.15, 0.2) is 11.6 Å². The number of aliphatic hydroxyl groups excluding tert-OH is 1. The maximum atomic E-state index is 11.6. The summed E-state index contributed by atoms with van der Waals surface area (Å²) in [5.74, 6) is 3.53. The van der Waals surface area contributed by atoms with Crippen LogP contribution in [0.2, 0.25) is 0 Å². The van der Waals surface area contributed by atoms with E-state index in [0.29, 0.717) is 16.7 Å². The SMILES string of the molecule is CC(C)CCCC(C)(O)[C@H]1CC[C@H]2[C@@H]3CC=C4CC(O)CC[C@]4(C)[C@H]3CC[C@]12C. The fourth-order valence-corrected chi connectivity index (χ4v) is 8.71. The average Bonchev–Trinajstić information content (AvgIpc) is 3.00. The molecule has 0 aromatic rings. The van der Waals surface area contributed by atoms with Crippen molar-refractivity contribution in [2.24, 2.45) is 40.4 Å². The maximum Gasteiger partial charge on any atom is 0.0653 e. The highest BCUT2D eigenvalue weighted by Gasteiger charge is 2.61. The third-order valence-electron chi connectivity index (χ3n) is 10.3. The van der Waals surface area contributed by atoms with Crippen LogP contribution in [0.1, 0.15) is 105 Å². The van der Waals surface area contributed by atoms with Gasteiger partial charge >= 0.3 is 0 Å². The Hall–Kier alpha value is -0.340. The first-order valence-corrected chi connectivity index (χ1v) is 12.7. The van der Waals surface area contributed by atoms with Crippen LogP contribution < -0.4 is 0 Å². The van der Waals surface area contributed by atoms with E-state index in [1.807, 2.05) is 0 Å². The van der Waals surface area contributed by atoms with Crippen LogP contribution in [0.25, 0.3) is 0 Å². The number of hydrogen-bond donors (Lipinski definition) is 2. The molecule has 3 fully saturated rings. The number of allylic oxidation sites excluding steroid dienone is 1. The summed E-state index contributed by atoms with van der Waals surface area (Å²) < 4.78 is 0. The Labute approximate surface area is 179 Å². The monoisotopic (exact) mass is 402 g/mol. The molecule has 4 rings (SSSR count). The summed E-state index contributed by atoms with van der Waals surface area (Å²) in [6, 6.07) is 0. The van der Waals surface area contributed by atoms with Crippen LogP contribution in [0.3, 0.4) is 0 Å². The van der Waals surface area contributed by atoms with Crippen molar-refractivity contribution in [1.82, 2.24) is 0 Å². The average molecular weight is 403 g/mol. The highest BCUT2D eigenvalue weighted by molar-refractivity contribution is 5.25. The van der Waals surface area contributed by atoms with Gasteiger partial charge in [0.2, 0.25) is 0 Å². The molecule has 0 spiro atoms. The summed E-state index contributed by atoms with van der Waals surface area (Å²) in [4.78, 5) is 0. The molecule has 0 radical (unpaired) electrons. The summed E-state index contributed by atoms with van der Waals surface area (Å²) in [7, 11) is 0. The van der Waals surface area contributed by atoms with E-state index in [4.69, 9.17) is 0 Å². The van der Waals surface area contributed by atoms with Gasteiger partial charge < -0.3 is 10.2 Å². The van der Waals surface area contributed by atoms with Gasteiger partial charge in [-0.05, 0) is 105 Å². The van der Waals surface area contributed by atoms with Crippen molar-refractivity contribution in [3.63, 3.8) is 0 Å². The second-order valence-corrected chi connectivity index (χ2v) is 12.5. The molecule has 0 heterocycles. The third-order valence-corrected chi connectivity index (χ3v) is 10.3. The van der Waals surface area contributed by atoms with E-state index in [1.54, 1.807) is 5.57 Å². The van der Waals surface area contributed by atoms with Gasteiger partial charge in [-0.25, -0.2) is 0 Å². The van der Waals surface area contributed by atoms with Crippen molar-refractivity contribution in [2.45, 2.75) is 117 Å². The smallest absolute Gasteiger partial charge is 0.0653 e. The second kappa shape index (κ2) is 7.66. The van der Waals surface area contributed by atoms with Crippen LogP contribution in [0.4, 0.5) is 0 Å². The Balaban J connectivity index is 1.53. The first-order valence-electron chi connectivity index (χ1n) is 12.7. The Morgan fingerprint density at radius 2 is 1.86 bits per heavy atom. The molecule has 0 amide bonds. The first-order chi connectivity index (χ1) is 13.6. The highest BCUT2D eigenvalue weighted by Crippen LogP contribution is 2.67. The van der Waals surface area contributed by atoms with Crippen molar-refractivity contribution in [1.29, 1.82) is 0 Å². The minimum absolute atomic E-state index is 0.114. The molecular formula is C27H46O2. The number of rotatable bonds is 5. The molecule has 0 aromatic heterocycles. The molecule has 2 N–H and O–H groups in total. The quantitative estimate of drug-likeness (QED) is 0.515. The number of fused-ring (bicyclic) bond motifs is 5. The molecule has 2 heteroatoms. The third kappa shape index (κ3) is 3.65. The molecule has 2 unspecified atom stereocenters. The fraction of sp³-hybridized carbons (Fsp3) is 0.926. The summed E-state index contributed by atoms with van der Waals surface area (Å²) in [6.45, 7) is 11.8. The molecule has 166 valence electrons. The van der Waals surface area contributed by atoms with Gasteiger partial charge in [0.15, 0.2) is 0 Å². The Morgan fingerprint density at radius 3 is 2.59 bits per heavy atom. The van der Waals surface area contributed by atoms with Crippen LogP contribution >= 0.6 is 0 Å². The van der Waals surface area contributed by atoms with E-state index in [1.165, 1.54) is 44.9 Å². The van der Waals surface area contributed by atoms with Gasteiger partial charge in [0.05, 0.1) is 11.7 Å². The van der Waals surface area contributed by atoms with Gasteiger partial charge in [-0.2, -0.15) is 0 Å². The Kier molecular flexibility index (Phi) is 5.78. The molecule has 8 atom stereocenters. The summed E-state index contributed by atoms with van der Waals surface area (Å²) in [5, 5.41) is 21.8. The van der Waals surface area contributed by atoms with Gasteiger partial charge in [0.1, 0.15) is 0 Å². The molecule has 4 aliphatic rings. The Bertz CT molecular complexity index is 634. The number of aliphatic hydroxyl groups is 2. The molecule has 0 saturated heterocycles. The van der Waals surface area contributed by atoms with Gasteiger partial charge in [-0.15, -0.1) is 0 Å². The standard InChI is InChI=1S/C27H46O2/c1-18(2)7-6-14-27(5,29)24-11-10-22-21-9-8-19-17-20(28)12-15-25(19,3)23(21)13-16-26(22,24)4/h8,18,20-24,28-29H,6-7,9-17H2,1-5H3/t20?,21-,22-,23-,24-,25-,26-,27?/m0/s1. The van der Waals surface area contributed by atoms with Crippen molar-refractivity contribution < 1.29 is 10.2 Å². The van der Waals surface area contributed by atoms with Crippen LogP contribution in [-0.2, 0) is 0 Å². The van der Waals surface area contributed by atoms with Crippen molar-refractivity contribution in [3.05, 3.63) is 11.6 Å². The molecule has 0 bridgehead atoms. The Morgan fingerprint density at radius 1 is 1.10 bits per heavy atom. The van der Waals surface area contributed by atoms with Gasteiger partial charge in [0, 0.05) is 0 Å². The van der Waals surface area contributed by atoms with E-state index >= 15 is 0 Å². The second-order valence-electron chi connectivity index (χ2n) is 12.5. The zero-order chi connectivity index (χ0) is 21.0. The topological polar surface area (TPSA) is 40.5 Å². The summed E-state index contributed by atoms with van der Waals surface area (Å²) >= 11 is 0. The normalized spacial score (nSPS) is 46.5. The van der Waals surface area contributed by atoms with E-state index in [2.05, 4.69) is 40.7 Å². The molecule has 0 aliphatic heterocycles. The predicted octanol–water partition coefficient (Wildman–Crippen LogP) is 6.50. The zero-order valence-corrected chi connectivity index (χ0v) is 19.7.